The van der Waals surface area contributed by atoms with Crippen LogP contribution in [0.25, 0.3) is 0 Å². The van der Waals surface area contributed by atoms with Gasteiger partial charge in [-0.1, -0.05) is 24.3 Å². The molecule has 24 heavy (non-hydrogen) atoms. The molecule has 0 saturated carbocycles. The number of hydrogen-bond donors (Lipinski definition) is 2. The van der Waals surface area contributed by atoms with Crippen molar-refractivity contribution in [3.63, 3.8) is 0 Å². The molecule has 3 N–H and O–H groups in total. The largest absolute Gasteiger partial charge is 0.350 e. The number of hydrogen-bond acceptors (Lipinski definition) is 3. The summed E-state index contributed by atoms with van der Waals surface area (Å²) < 4.78 is 35.9. The van der Waals surface area contributed by atoms with Crippen molar-refractivity contribution in [2.24, 2.45) is 5.14 Å². The molecule has 2 aromatic carbocycles. The SMILES string of the molecule is CC(NC(=O)CCc1cccc(F)c1)c1cccc(S(N)(=O)=O)c1. The van der Waals surface area contributed by atoms with E-state index in [4.69, 9.17) is 5.14 Å². The number of halogens is 1. The minimum atomic E-state index is -3.79. The van der Waals surface area contributed by atoms with E-state index in [9.17, 15) is 17.6 Å². The minimum absolute atomic E-state index is 0.000796. The summed E-state index contributed by atoms with van der Waals surface area (Å²) in [6, 6.07) is 11.9. The molecule has 0 spiro atoms. The second-order valence-corrected chi connectivity index (χ2v) is 7.10. The summed E-state index contributed by atoms with van der Waals surface area (Å²) in [6.07, 6.45) is 0.635. The van der Waals surface area contributed by atoms with Crippen LogP contribution in [0.5, 0.6) is 0 Å². The van der Waals surface area contributed by atoms with Crippen LogP contribution in [0.1, 0.15) is 30.5 Å². The van der Waals surface area contributed by atoms with E-state index in [0.29, 0.717) is 12.0 Å². The lowest BCUT2D eigenvalue weighted by atomic mass is 10.1. The van der Waals surface area contributed by atoms with Crippen molar-refractivity contribution < 1.29 is 17.6 Å². The molecule has 128 valence electrons. The highest BCUT2D eigenvalue weighted by Crippen LogP contribution is 2.17. The van der Waals surface area contributed by atoms with Crippen LogP contribution in [0.4, 0.5) is 4.39 Å². The molecule has 0 radical (unpaired) electrons. The molecule has 7 heteroatoms. The Balaban J connectivity index is 1.96. The third-order valence-electron chi connectivity index (χ3n) is 3.59. The molecule has 0 aliphatic rings. The molecule has 2 aromatic rings. The van der Waals surface area contributed by atoms with E-state index in [2.05, 4.69) is 5.32 Å². The fraction of sp³-hybridized carbons (Fsp3) is 0.235. The maximum Gasteiger partial charge on any atom is 0.238 e. The Morgan fingerprint density at radius 3 is 2.58 bits per heavy atom. The van der Waals surface area contributed by atoms with Crippen molar-refractivity contribution >= 4 is 15.9 Å². The third-order valence-corrected chi connectivity index (χ3v) is 4.50. The Morgan fingerprint density at radius 2 is 1.92 bits per heavy atom. The summed E-state index contributed by atoms with van der Waals surface area (Å²) in [6.45, 7) is 1.75. The van der Waals surface area contributed by atoms with Gasteiger partial charge in [-0.05, 0) is 48.7 Å². The quantitative estimate of drug-likeness (QED) is 0.837. The van der Waals surface area contributed by atoms with Gasteiger partial charge in [0.25, 0.3) is 0 Å². The van der Waals surface area contributed by atoms with Gasteiger partial charge in [0.1, 0.15) is 5.82 Å². The third kappa shape index (κ3) is 5.14. The summed E-state index contributed by atoms with van der Waals surface area (Å²) >= 11 is 0. The number of carbonyl (C=O) groups excluding carboxylic acids is 1. The first-order chi connectivity index (χ1) is 11.3. The number of nitrogens with two attached hydrogens (primary N) is 1. The van der Waals surface area contributed by atoms with Crippen molar-refractivity contribution in [1.29, 1.82) is 0 Å². The van der Waals surface area contributed by atoms with Gasteiger partial charge in [0.15, 0.2) is 0 Å². The first-order valence-corrected chi connectivity index (χ1v) is 8.97. The van der Waals surface area contributed by atoms with Crippen molar-refractivity contribution in [2.75, 3.05) is 0 Å². The summed E-state index contributed by atoms with van der Waals surface area (Å²) in [5.41, 5.74) is 1.38. The monoisotopic (exact) mass is 350 g/mol. The molecule has 0 aliphatic carbocycles. The Hall–Kier alpha value is -2.25. The average Bonchev–Trinajstić information content (AvgIpc) is 2.52. The molecule has 1 atom stereocenters. The zero-order chi connectivity index (χ0) is 17.7. The van der Waals surface area contributed by atoms with Crippen LogP contribution in [-0.2, 0) is 21.2 Å². The van der Waals surface area contributed by atoms with E-state index >= 15 is 0 Å². The number of benzene rings is 2. The Bertz CT molecular complexity index is 837. The summed E-state index contributed by atoms with van der Waals surface area (Å²) in [4.78, 5) is 12.0. The van der Waals surface area contributed by atoms with E-state index < -0.39 is 10.0 Å². The standard InChI is InChI=1S/C17H19FN2O3S/c1-12(14-5-3-7-16(11-14)24(19,22)23)20-17(21)9-8-13-4-2-6-15(18)10-13/h2-7,10-12H,8-9H2,1H3,(H,20,21)(H2,19,22,23). The lowest BCUT2D eigenvalue weighted by molar-refractivity contribution is -0.121. The van der Waals surface area contributed by atoms with Gasteiger partial charge in [-0.3, -0.25) is 4.79 Å². The molecule has 5 nitrogen and oxygen atoms in total. The lowest BCUT2D eigenvalue weighted by Crippen LogP contribution is -2.27. The number of primary sulfonamides is 1. The van der Waals surface area contributed by atoms with Gasteiger partial charge >= 0.3 is 0 Å². The molecule has 0 aromatic heterocycles. The van der Waals surface area contributed by atoms with Crippen LogP contribution >= 0.6 is 0 Å². The lowest BCUT2D eigenvalue weighted by Gasteiger charge is -2.15. The van der Waals surface area contributed by atoms with E-state index in [-0.39, 0.29) is 29.1 Å². The van der Waals surface area contributed by atoms with Gasteiger partial charge in [0, 0.05) is 6.42 Å². The van der Waals surface area contributed by atoms with Crippen molar-refractivity contribution in [1.82, 2.24) is 5.32 Å². The van der Waals surface area contributed by atoms with Crippen molar-refractivity contribution in [3.8, 4) is 0 Å². The highest BCUT2D eigenvalue weighted by Gasteiger charge is 2.13. The number of carbonyl (C=O) groups is 1. The highest BCUT2D eigenvalue weighted by atomic mass is 32.2. The molecule has 0 bridgehead atoms. The maximum absolute atomic E-state index is 13.1. The average molecular weight is 350 g/mol. The Morgan fingerprint density at radius 1 is 1.21 bits per heavy atom. The van der Waals surface area contributed by atoms with Gasteiger partial charge in [-0.2, -0.15) is 0 Å². The molecule has 0 aliphatic heterocycles. The van der Waals surface area contributed by atoms with Crippen LogP contribution in [0.15, 0.2) is 53.4 Å². The molecule has 0 saturated heterocycles. The second-order valence-electron chi connectivity index (χ2n) is 5.54. The van der Waals surface area contributed by atoms with Crippen LogP contribution in [-0.4, -0.2) is 14.3 Å². The van der Waals surface area contributed by atoms with Gasteiger partial charge < -0.3 is 5.32 Å². The number of aryl methyl sites for hydroxylation is 1. The van der Waals surface area contributed by atoms with Crippen molar-refractivity contribution in [3.05, 3.63) is 65.5 Å². The predicted octanol–water partition coefficient (Wildman–Crippen LogP) is 2.28. The van der Waals surface area contributed by atoms with E-state index in [1.165, 1.54) is 24.3 Å². The van der Waals surface area contributed by atoms with E-state index in [0.717, 1.165) is 5.56 Å². The molecule has 1 unspecified atom stereocenters. The zero-order valence-corrected chi connectivity index (χ0v) is 14.0. The predicted molar refractivity (Wildman–Crippen MR) is 89.1 cm³/mol. The normalized spacial score (nSPS) is 12.6. The van der Waals surface area contributed by atoms with Gasteiger partial charge in [0.05, 0.1) is 10.9 Å². The molecule has 0 fully saturated rings. The van der Waals surface area contributed by atoms with Gasteiger partial charge in [-0.25, -0.2) is 17.9 Å². The number of rotatable bonds is 6. The number of amides is 1. The van der Waals surface area contributed by atoms with Crippen LogP contribution in [0, 0.1) is 5.82 Å². The van der Waals surface area contributed by atoms with E-state index in [1.54, 1.807) is 31.2 Å². The molecule has 2 rings (SSSR count). The van der Waals surface area contributed by atoms with Gasteiger partial charge in [0.2, 0.25) is 15.9 Å². The second kappa shape index (κ2) is 7.55. The zero-order valence-electron chi connectivity index (χ0n) is 13.2. The number of sulfonamides is 1. The topological polar surface area (TPSA) is 89.3 Å². The fourth-order valence-corrected chi connectivity index (χ4v) is 2.88. The highest BCUT2D eigenvalue weighted by molar-refractivity contribution is 7.89. The summed E-state index contributed by atoms with van der Waals surface area (Å²) in [5.74, 6) is -0.533. The van der Waals surface area contributed by atoms with Crippen molar-refractivity contribution in [2.45, 2.75) is 30.7 Å². The Labute approximate surface area is 140 Å². The van der Waals surface area contributed by atoms with Gasteiger partial charge in [-0.15, -0.1) is 0 Å². The molecule has 1 amide bonds. The fourth-order valence-electron chi connectivity index (χ4n) is 2.31. The Kier molecular flexibility index (Phi) is 5.69. The molecule has 0 heterocycles. The van der Waals surface area contributed by atoms with Crippen LogP contribution in [0.3, 0.4) is 0 Å². The summed E-state index contributed by atoms with van der Waals surface area (Å²) in [7, 11) is -3.79. The first-order valence-electron chi connectivity index (χ1n) is 7.42. The minimum Gasteiger partial charge on any atom is -0.350 e. The first kappa shape index (κ1) is 18.1. The number of nitrogens with one attached hydrogen (secondary N) is 1. The van der Waals surface area contributed by atoms with Crippen LogP contribution in [0.2, 0.25) is 0 Å². The summed E-state index contributed by atoms with van der Waals surface area (Å²) in [5, 5.41) is 7.90. The smallest absolute Gasteiger partial charge is 0.238 e. The van der Waals surface area contributed by atoms with Crippen LogP contribution < -0.4 is 10.5 Å². The molecular formula is C17H19FN2O3S. The van der Waals surface area contributed by atoms with E-state index in [1.807, 2.05) is 0 Å². The maximum atomic E-state index is 13.1. The molecular weight excluding hydrogens is 331 g/mol.